The fourth-order valence-electron chi connectivity index (χ4n) is 2.83. The number of amides is 2. The van der Waals surface area contributed by atoms with E-state index in [1.165, 1.54) is 74.8 Å². The standard InChI is InChI=1S/C23H18BrCl2N3O6S/c1-13(30)28-16-4-6-17(7-5-16)36(32,33)35-22-18(24)9-14(10-21(22)34-2)12-27-29-23(31)15-3-8-19(25)20(26)11-15/h3-12H,1-2H3,(H,28,30)(H,29,31)/b27-12-. The first kappa shape index (κ1) is 27.5. The second-order valence-corrected chi connectivity index (χ2v) is 10.3. The van der Waals surface area contributed by atoms with Gasteiger partial charge in [0.25, 0.3) is 5.91 Å². The van der Waals surface area contributed by atoms with Gasteiger partial charge in [0.05, 0.1) is 27.8 Å². The Labute approximate surface area is 225 Å². The highest BCUT2D eigenvalue weighted by molar-refractivity contribution is 9.10. The van der Waals surface area contributed by atoms with Crippen LogP contribution in [-0.4, -0.2) is 33.6 Å². The second kappa shape index (κ2) is 11.7. The molecular formula is C23H18BrCl2N3O6S. The number of methoxy groups -OCH3 is 1. The fourth-order valence-corrected chi connectivity index (χ4v) is 4.73. The molecule has 13 heteroatoms. The van der Waals surface area contributed by atoms with Crippen LogP contribution in [0.4, 0.5) is 5.69 Å². The summed E-state index contributed by atoms with van der Waals surface area (Å²) in [5.74, 6) is -0.778. The van der Waals surface area contributed by atoms with Crippen molar-refractivity contribution in [1.29, 1.82) is 0 Å². The number of carbonyl (C=O) groups excluding carboxylic acids is 2. The molecule has 9 nitrogen and oxygen atoms in total. The molecule has 0 aliphatic rings. The quantitative estimate of drug-likeness (QED) is 0.203. The third kappa shape index (κ3) is 6.97. The van der Waals surface area contributed by atoms with Crippen molar-refractivity contribution in [3.05, 3.63) is 80.2 Å². The molecule has 188 valence electrons. The van der Waals surface area contributed by atoms with Crippen molar-refractivity contribution >= 4 is 73.0 Å². The fraction of sp³-hybridized carbons (Fsp3) is 0.0870. The number of hydrazone groups is 1. The van der Waals surface area contributed by atoms with Crippen molar-refractivity contribution in [1.82, 2.24) is 5.43 Å². The van der Waals surface area contributed by atoms with E-state index in [1.807, 2.05) is 0 Å². The van der Waals surface area contributed by atoms with Crippen LogP contribution in [0.5, 0.6) is 11.5 Å². The second-order valence-electron chi connectivity index (χ2n) is 7.11. The first-order valence-electron chi connectivity index (χ1n) is 9.98. The van der Waals surface area contributed by atoms with E-state index in [2.05, 4.69) is 31.8 Å². The van der Waals surface area contributed by atoms with Crippen LogP contribution in [0.3, 0.4) is 0 Å². The molecular weight excluding hydrogens is 597 g/mol. The van der Waals surface area contributed by atoms with E-state index in [1.54, 1.807) is 0 Å². The smallest absolute Gasteiger partial charge is 0.339 e. The van der Waals surface area contributed by atoms with Gasteiger partial charge in [-0.1, -0.05) is 23.2 Å². The number of rotatable bonds is 8. The number of hydrogen-bond acceptors (Lipinski definition) is 7. The molecule has 36 heavy (non-hydrogen) atoms. The number of hydrogen-bond donors (Lipinski definition) is 2. The van der Waals surface area contributed by atoms with Crippen LogP contribution < -0.4 is 19.7 Å². The number of nitrogens with one attached hydrogen (secondary N) is 2. The minimum atomic E-state index is -4.23. The van der Waals surface area contributed by atoms with E-state index in [-0.39, 0.29) is 37.4 Å². The van der Waals surface area contributed by atoms with Gasteiger partial charge in [0.15, 0.2) is 11.5 Å². The molecule has 0 unspecified atom stereocenters. The number of benzene rings is 3. The minimum absolute atomic E-state index is 0.0829. The largest absolute Gasteiger partial charge is 0.493 e. The third-order valence-electron chi connectivity index (χ3n) is 4.47. The number of nitrogens with zero attached hydrogens (tertiary/aromatic N) is 1. The average Bonchev–Trinajstić information content (AvgIpc) is 2.82. The lowest BCUT2D eigenvalue weighted by Gasteiger charge is -2.13. The first-order valence-corrected chi connectivity index (χ1v) is 12.9. The van der Waals surface area contributed by atoms with E-state index < -0.39 is 16.0 Å². The van der Waals surface area contributed by atoms with Gasteiger partial charge in [-0.3, -0.25) is 9.59 Å². The van der Waals surface area contributed by atoms with E-state index >= 15 is 0 Å². The van der Waals surface area contributed by atoms with E-state index in [0.29, 0.717) is 16.3 Å². The molecule has 3 aromatic carbocycles. The predicted octanol–water partition coefficient (Wildman–Crippen LogP) is 5.25. The summed E-state index contributed by atoms with van der Waals surface area (Å²) in [5, 5.41) is 7.01. The van der Waals surface area contributed by atoms with Gasteiger partial charge in [0, 0.05) is 18.2 Å². The van der Waals surface area contributed by atoms with Crippen molar-refractivity contribution in [2.75, 3.05) is 12.4 Å². The van der Waals surface area contributed by atoms with Gasteiger partial charge in [-0.2, -0.15) is 13.5 Å². The summed E-state index contributed by atoms with van der Waals surface area (Å²) in [5.41, 5.74) is 3.53. The van der Waals surface area contributed by atoms with Gasteiger partial charge < -0.3 is 14.2 Å². The highest BCUT2D eigenvalue weighted by Crippen LogP contribution is 2.38. The van der Waals surface area contributed by atoms with E-state index in [0.717, 1.165) is 0 Å². The number of halogens is 3. The maximum atomic E-state index is 12.8. The molecule has 3 rings (SSSR count). The van der Waals surface area contributed by atoms with Crippen LogP contribution >= 0.6 is 39.1 Å². The molecule has 0 spiro atoms. The maximum Gasteiger partial charge on any atom is 0.339 e. The molecule has 0 radical (unpaired) electrons. The lowest BCUT2D eigenvalue weighted by Crippen LogP contribution is -2.17. The zero-order valence-electron chi connectivity index (χ0n) is 18.7. The molecule has 0 fully saturated rings. The SMILES string of the molecule is COc1cc(/C=N\NC(=O)c2ccc(Cl)c(Cl)c2)cc(Br)c1OS(=O)(=O)c1ccc(NC(C)=O)cc1. The van der Waals surface area contributed by atoms with Crippen molar-refractivity contribution < 1.29 is 26.9 Å². The topological polar surface area (TPSA) is 123 Å². The first-order chi connectivity index (χ1) is 17.0. The Hall–Kier alpha value is -3.12. The van der Waals surface area contributed by atoms with Gasteiger partial charge >= 0.3 is 10.1 Å². The summed E-state index contributed by atoms with van der Waals surface area (Å²) in [6, 6.07) is 12.9. The van der Waals surface area contributed by atoms with Crippen LogP contribution in [0, 0.1) is 0 Å². The number of anilines is 1. The maximum absolute atomic E-state index is 12.8. The molecule has 0 saturated heterocycles. The molecule has 0 aromatic heterocycles. The molecule has 2 amide bonds. The molecule has 0 aliphatic carbocycles. The Bertz CT molecular complexity index is 1450. The molecule has 2 N–H and O–H groups in total. The molecule has 0 saturated carbocycles. The lowest BCUT2D eigenvalue weighted by atomic mass is 10.2. The summed E-state index contributed by atoms with van der Waals surface area (Å²) in [7, 11) is -2.88. The van der Waals surface area contributed by atoms with Crippen LogP contribution in [0.15, 0.2) is 69.1 Å². The van der Waals surface area contributed by atoms with Crippen LogP contribution in [0.2, 0.25) is 10.0 Å². The van der Waals surface area contributed by atoms with Crippen molar-refractivity contribution in [2.45, 2.75) is 11.8 Å². The van der Waals surface area contributed by atoms with Gasteiger partial charge in [-0.15, -0.1) is 0 Å². The van der Waals surface area contributed by atoms with Crippen LogP contribution in [-0.2, 0) is 14.9 Å². The van der Waals surface area contributed by atoms with Gasteiger partial charge in [-0.25, -0.2) is 5.43 Å². The normalized spacial score (nSPS) is 11.2. The summed E-state index contributed by atoms with van der Waals surface area (Å²) < 4.78 is 36.4. The minimum Gasteiger partial charge on any atom is -0.493 e. The van der Waals surface area contributed by atoms with Crippen LogP contribution in [0.1, 0.15) is 22.8 Å². The van der Waals surface area contributed by atoms with Crippen molar-refractivity contribution in [2.24, 2.45) is 5.10 Å². The predicted molar refractivity (Wildman–Crippen MR) is 141 cm³/mol. The van der Waals surface area contributed by atoms with Gasteiger partial charge in [-0.05, 0) is 76.1 Å². The Morgan fingerprint density at radius 2 is 1.72 bits per heavy atom. The Kier molecular flexibility index (Phi) is 8.96. The number of carbonyl (C=O) groups is 2. The van der Waals surface area contributed by atoms with E-state index in [4.69, 9.17) is 32.1 Å². The zero-order valence-corrected chi connectivity index (χ0v) is 22.6. The Balaban J connectivity index is 1.77. The Morgan fingerprint density at radius 1 is 1.03 bits per heavy atom. The van der Waals surface area contributed by atoms with Crippen LogP contribution in [0.25, 0.3) is 0 Å². The summed E-state index contributed by atoms with van der Waals surface area (Å²) in [4.78, 5) is 23.3. The molecule has 0 atom stereocenters. The summed E-state index contributed by atoms with van der Waals surface area (Å²) >= 11 is 15.1. The average molecular weight is 615 g/mol. The van der Waals surface area contributed by atoms with Gasteiger partial charge in [0.1, 0.15) is 4.90 Å². The van der Waals surface area contributed by atoms with Gasteiger partial charge in [0.2, 0.25) is 5.91 Å². The zero-order chi connectivity index (χ0) is 26.5. The van der Waals surface area contributed by atoms with E-state index in [9.17, 15) is 18.0 Å². The number of ether oxygens (including phenoxy) is 1. The third-order valence-corrected chi connectivity index (χ3v) is 7.03. The summed E-state index contributed by atoms with van der Waals surface area (Å²) in [6.45, 7) is 1.34. The molecule has 0 aliphatic heterocycles. The highest BCUT2D eigenvalue weighted by atomic mass is 79.9. The molecule has 0 bridgehead atoms. The highest BCUT2D eigenvalue weighted by Gasteiger charge is 2.22. The van der Waals surface area contributed by atoms with Crippen molar-refractivity contribution in [3.63, 3.8) is 0 Å². The summed E-state index contributed by atoms with van der Waals surface area (Å²) in [6.07, 6.45) is 1.34. The monoisotopic (exact) mass is 613 g/mol. The Morgan fingerprint density at radius 3 is 2.33 bits per heavy atom. The lowest BCUT2D eigenvalue weighted by molar-refractivity contribution is -0.114. The molecule has 0 heterocycles. The van der Waals surface area contributed by atoms with Crippen molar-refractivity contribution in [3.8, 4) is 11.5 Å². The molecule has 3 aromatic rings.